The van der Waals surface area contributed by atoms with Crippen LogP contribution in [0, 0.1) is 0 Å². The third-order valence-electron chi connectivity index (χ3n) is 2.73. The number of hydrogen-bond donors (Lipinski definition) is 3. The summed E-state index contributed by atoms with van der Waals surface area (Å²) in [6, 6.07) is 1.34. The van der Waals surface area contributed by atoms with Crippen LogP contribution in [-0.4, -0.2) is 38.3 Å². The van der Waals surface area contributed by atoms with E-state index in [1.807, 2.05) is 13.8 Å². The Hall–Kier alpha value is -1.69. The van der Waals surface area contributed by atoms with Crippen LogP contribution >= 0.6 is 0 Å². The number of nitrogens with one attached hydrogen (secondary N) is 1. The van der Waals surface area contributed by atoms with Gasteiger partial charge in [-0.1, -0.05) is 6.92 Å². The molecule has 1 atom stereocenters. The molecule has 0 saturated carbocycles. The van der Waals surface area contributed by atoms with Crippen molar-refractivity contribution in [3.05, 3.63) is 18.0 Å². The zero-order valence-electron chi connectivity index (χ0n) is 9.97. The molecule has 1 aromatic rings. The fourth-order valence-electron chi connectivity index (χ4n) is 1.38. The Kier molecular flexibility index (Phi) is 4.39. The molecule has 6 heteroatoms. The Bertz CT molecular complexity index is 397. The molecule has 0 aliphatic rings. The van der Waals surface area contributed by atoms with Crippen LogP contribution in [-0.2, 0) is 0 Å². The summed E-state index contributed by atoms with van der Waals surface area (Å²) in [6.45, 7) is 3.96. The van der Waals surface area contributed by atoms with Crippen LogP contribution < -0.4 is 5.32 Å². The van der Waals surface area contributed by atoms with Gasteiger partial charge in [0.2, 0.25) is 5.95 Å². The van der Waals surface area contributed by atoms with E-state index in [4.69, 9.17) is 10.2 Å². The Morgan fingerprint density at radius 3 is 2.82 bits per heavy atom. The molecule has 0 radical (unpaired) electrons. The van der Waals surface area contributed by atoms with Crippen LogP contribution in [0.3, 0.4) is 0 Å². The average molecular weight is 239 g/mol. The summed E-state index contributed by atoms with van der Waals surface area (Å²) < 4.78 is 0. The van der Waals surface area contributed by atoms with Crippen LogP contribution in [0.1, 0.15) is 37.2 Å². The Labute approximate surface area is 99.7 Å². The zero-order chi connectivity index (χ0) is 12.9. The molecule has 1 unspecified atom stereocenters. The minimum atomic E-state index is -1.09. The lowest BCUT2D eigenvalue weighted by Crippen LogP contribution is -2.36. The molecular formula is C11H17N3O3. The molecule has 0 bridgehead atoms. The van der Waals surface area contributed by atoms with Gasteiger partial charge in [0.15, 0.2) is 5.69 Å². The van der Waals surface area contributed by atoms with Gasteiger partial charge in [0.05, 0.1) is 0 Å². The number of rotatable bonds is 6. The topological polar surface area (TPSA) is 95.3 Å². The molecule has 0 fully saturated rings. The molecule has 1 rings (SSSR count). The number of carboxylic acids is 1. The van der Waals surface area contributed by atoms with E-state index in [9.17, 15) is 4.79 Å². The van der Waals surface area contributed by atoms with Crippen LogP contribution in [0.25, 0.3) is 0 Å². The van der Waals surface area contributed by atoms with E-state index in [1.165, 1.54) is 12.3 Å². The van der Waals surface area contributed by atoms with Crippen molar-refractivity contribution in [3.63, 3.8) is 0 Å². The van der Waals surface area contributed by atoms with Gasteiger partial charge in [-0.15, -0.1) is 0 Å². The van der Waals surface area contributed by atoms with Crippen molar-refractivity contribution >= 4 is 11.9 Å². The predicted octanol–water partition coefficient (Wildman–Crippen LogP) is 1.14. The van der Waals surface area contributed by atoms with E-state index in [0.717, 1.165) is 6.42 Å². The quantitative estimate of drug-likeness (QED) is 0.689. The maximum atomic E-state index is 10.8. The standard InChI is InChI=1S/C11H17N3O3/c1-3-11(2,5-7-15)14-10-12-6-4-8(13-10)9(16)17/h4,6,15H,3,5,7H2,1-2H3,(H,16,17)(H,12,13,14). The normalized spacial score (nSPS) is 14.1. The van der Waals surface area contributed by atoms with Gasteiger partial charge in [-0.25, -0.2) is 14.8 Å². The van der Waals surface area contributed by atoms with Gasteiger partial charge in [0.25, 0.3) is 0 Å². The van der Waals surface area contributed by atoms with Crippen molar-refractivity contribution in [2.24, 2.45) is 0 Å². The first kappa shape index (κ1) is 13.4. The van der Waals surface area contributed by atoms with Crippen molar-refractivity contribution in [1.29, 1.82) is 0 Å². The average Bonchev–Trinajstić information content (AvgIpc) is 2.29. The summed E-state index contributed by atoms with van der Waals surface area (Å²) >= 11 is 0. The summed E-state index contributed by atoms with van der Waals surface area (Å²) in [5.41, 5.74) is -0.392. The first-order valence-electron chi connectivity index (χ1n) is 5.46. The maximum absolute atomic E-state index is 10.8. The zero-order valence-corrected chi connectivity index (χ0v) is 9.97. The van der Waals surface area contributed by atoms with E-state index in [0.29, 0.717) is 6.42 Å². The second-order valence-electron chi connectivity index (χ2n) is 4.08. The van der Waals surface area contributed by atoms with Crippen molar-refractivity contribution < 1.29 is 15.0 Å². The first-order chi connectivity index (χ1) is 8.00. The highest BCUT2D eigenvalue weighted by molar-refractivity contribution is 5.85. The monoisotopic (exact) mass is 239 g/mol. The molecular weight excluding hydrogens is 222 g/mol. The molecule has 0 aromatic carbocycles. The number of carbonyl (C=O) groups is 1. The molecule has 1 aromatic heterocycles. The van der Waals surface area contributed by atoms with Crippen molar-refractivity contribution in [2.75, 3.05) is 11.9 Å². The molecule has 0 amide bonds. The number of aromatic carboxylic acids is 1. The molecule has 1 heterocycles. The molecule has 0 saturated heterocycles. The summed E-state index contributed by atoms with van der Waals surface area (Å²) in [4.78, 5) is 18.6. The first-order valence-corrected chi connectivity index (χ1v) is 5.46. The van der Waals surface area contributed by atoms with E-state index in [-0.39, 0.29) is 23.8 Å². The number of hydrogen-bond acceptors (Lipinski definition) is 5. The van der Waals surface area contributed by atoms with E-state index >= 15 is 0 Å². The van der Waals surface area contributed by atoms with E-state index in [1.54, 1.807) is 0 Å². The second-order valence-corrected chi connectivity index (χ2v) is 4.08. The second kappa shape index (κ2) is 5.58. The largest absolute Gasteiger partial charge is 0.477 e. The van der Waals surface area contributed by atoms with Gasteiger partial charge in [0, 0.05) is 18.3 Å². The third kappa shape index (κ3) is 3.67. The lowest BCUT2D eigenvalue weighted by Gasteiger charge is -2.28. The highest BCUT2D eigenvalue weighted by Crippen LogP contribution is 2.19. The highest BCUT2D eigenvalue weighted by Gasteiger charge is 2.22. The predicted molar refractivity (Wildman–Crippen MR) is 63.0 cm³/mol. The minimum Gasteiger partial charge on any atom is -0.477 e. The summed E-state index contributed by atoms with van der Waals surface area (Å²) in [5.74, 6) is -0.821. The molecule has 0 aliphatic heterocycles. The van der Waals surface area contributed by atoms with Crippen LogP contribution in [0.4, 0.5) is 5.95 Å². The molecule has 0 aliphatic carbocycles. The molecule has 94 valence electrons. The van der Waals surface area contributed by atoms with Gasteiger partial charge in [0.1, 0.15) is 0 Å². The summed E-state index contributed by atoms with van der Waals surface area (Å²) in [6.07, 6.45) is 2.71. The van der Waals surface area contributed by atoms with Crippen molar-refractivity contribution in [1.82, 2.24) is 9.97 Å². The van der Waals surface area contributed by atoms with Crippen LogP contribution in [0.5, 0.6) is 0 Å². The van der Waals surface area contributed by atoms with Gasteiger partial charge in [-0.2, -0.15) is 0 Å². The van der Waals surface area contributed by atoms with Gasteiger partial charge >= 0.3 is 5.97 Å². The summed E-state index contributed by atoms with van der Waals surface area (Å²) in [7, 11) is 0. The number of nitrogens with zero attached hydrogens (tertiary/aromatic N) is 2. The number of aromatic nitrogens is 2. The molecule has 6 nitrogen and oxygen atoms in total. The maximum Gasteiger partial charge on any atom is 0.354 e. The smallest absolute Gasteiger partial charge is 0.354 e. The number of carboxylic acid groups (broad SMARTS) is 1. The fourth-order valence-corrected chi connectivity index (χ4v) is 1.38. The van der Waals surface area contributed by atoms with Crippen LogP contribution in [0.15, 0.2) is 12.3 Å². The van der Waals surface area contributed by atoms with Gasteiger partial charge in [-0.05, 0) is 25.8 Å². The highest BCUT2D eigenvalue weighted by atomic mass is 16.4. The van der Waals surface area contributed by atoms with Gasteiger partial charge in [-0.3, -0.25) is 0 Å². The lowest BCUT2D eigenvalue weighted by molar-refractivity contribution is 0.0690. The minimum absolute atomic E-state index is 0.0510. The lowest BCUT2D eigenvalue weighted by atomic mass is 9.95. The Morgan fingerprint density at radius 2 is 2.29 bits per heavy atom. The number of aliphatic hydroxyl groups excluding tert-OH is 1. The molecule has 17 heavy (non-hydrogen) atoms. The van der Waals surface area contributed by atoms with Gasteiger partial charge < -0.3 is 15.5 Å². The summed E-state index contributed by atoms with van der Waals surface area (Å²) in [5, 5.41) is 20.8. The third-order valence-corrected chi connectivity index (χ3v) is 2.73. The van der Waals surface area contributed by atoms with E-state index in [2.05, 4.69) is 15.3 Å². The molecule has 0 spiro atoms. The number of anilines is 1. The van der Waals surface area contributed by atoms with Crippen molar-refractivity contribution in [3.8, 4) is 0 Å². The SMILES string of the molecule is CCC(C)(CCO)Nc1nccc(C(=O)O)n1. The number of aliphatic hydroxyl groups is 1. The molecule has 3 N–H and O–H groups in total. The fraction of sp³-hybridized carbons (Fsp3) is 0.545. The Balaban J connectivity index is 2.86. The van der Waals surface area contributed by atoms with Crippen molar-refractivity contribution in [2.45, 2.75) is 32.2 Å². The van der Waals surface area contributed by atoms with Crippen LogP contribution in [0.2, 0.25) is 0 Å². The Morgan fingerprint density at radius 1 is 1.59 bits per heavy atom. The van der Waals surface area contributed by atoms with E-state index < -0.39 is 5.97 Å².